The highest BCUT2D eigenvalue weighted by molar-refractivity contribution is 5.71. The number of allylic oxidation sites excluding steroid dienone is 28. The molecule has 0 amide bonds. The number of esters is 3. The first-order valence-electron chi connectivity index (χ1n) is 27.3. The molecule has 0 saturated carbocycles. The fourth-order valence-corrected chi connectivity index (χ4v) is 6.66. The molecule has 0 radical (unpaired) electrons. The Kier molecular flexibility index (Phi) is 52.1. The van der Waals surface area contributed by atoms with Gasteiger partial charge in [-0.1, -0.05) is 249 Å². The third kappa shape index (κ3) is 53.7. The number of carbonyl (C=O) groups is 3. The lowest BCUT2D eigenvalue weighted by Gasteiger charge is -2.18. The van der Waals surface area contributed by atoms with Crippen molar-refractivity contribution in [3.05, 3.63) is 170 Å². The van der Waals surface area contributed by atoms with E-state index in [0.717, 1.165) is 135 Å². The van der Waals surface area contributed by atoms with Gasteiger partial charge in [-0.3, -0.25) is 14.4 Å². The van der Waals surface area contributed by atoms with Crippen molar-refractivity contribution in [1.29, 1.82) is 0 Å². The van der Waals surface area contributed by atoms with Gasteiger partial charge in [0, 0.05) is 19.3 Å². The lowest BCUT2D eigenvalue weighted by Crippen LogP contribution is -2.30. The molecule has 0 aliphatic rings. The van der Waals surface area contributed by atoms with E-state index < -0.39 is 6.10 Å². The number of hydrogen-bond acceptors (Lipinski definition) is 6. The van der Waals surface area contributed by atoms with E-state index >= 15 is 0 Å². The Morgan fingerprint density at radius 2 is 0.629 bits per heavy atom. The second kappa shape index (κ2) is 56.4. The van der Waals surface area contributed by atoms with Gasteiger partial charge < -0.3 is 14.2 Å². The van der Waals surface area contributed by atoms with Crippen molar-refractivity contribution >= 4 is 17.9 Å². The molecule has 1 atom stereocenters. The highest BCUT2D eigenvalue weighted by Crippen LogP contribution is 2.13. The molecule has 0 fully saturated rings. The van der Waals surface area contributed by atoms with Crippen LogP contribution < -0.4 is 0 Å². The molecular formula is C64H96O6. The van der Waals surface area contributed by atoms with Crippen LogP contribution in [-0.2, 0) is 28.6 Å². The molecule has 6 nitrogen and oxygen atoms in total. The maximum Gasteiger partial charge on any atom is 0.306 e. The Hall–Kier alpha value is -5.23. The minimum atomic E-state index is -0.826. The van der Waals surface area contributed by atoms with Gasteiger partial charge in [0.05, 0.1) is 0 Å². The van der Waals surface area contributed by atoms with Gasteiger partial charge >= 0.3 is 17.9 Å². The van der Waals surface area contributed by atoms with Gasteiger partial charge in [-0.15, -0.1) is 0 Å². The van der Waals surface area contributed by atoms with Crippen LogP contribution in [0.5, 0.6) is 0 Å². The smallest absolute Gasteiger partial charge is 0.306 e. The van der Waals surface area contributed by atoms with Crippen molar-refractivity contribution in [2.45, 2.75) is 200 Å². The fourth-order valence-electron chi connectivity index (χ4n) is 6.66. The highest BCUT2D eigenvalue weighted by atomic mass is 16.6. The number of hydrogen-bond donors (Lipinski definition) is 0. The molecule has 70 heavy (non-hydrogen) atoms. The molecule has 0 N–H and O–H groups in total. The molecular weight excluding hydrogens is 865 g/mol. The molecule has 0 aromatic rings. The van der Waals surface area contributed by atoms with Gasteiger partial charge in [-0.25, -0.2) is 0 Å². The van der Waals surface area contributed by atoms with Crippen LogP contribution in [0.25, 0.3) is 0 Å². The van der Waals surface area contributed by atoms with E-state index in [-0.39, 0.29) is 37.5 Å². The molecule has 0 heterocycles. The molecule has 6 heteroatoms. The summed E-state index contributed by atoms with van der Waals surface area (Å²) in [7, 11) is 0. The van der Waals surface area contributed by atoms with Crippen LogP contribution in [0.15, 0.2) is 170 Å². The first kappa shape index (κ1) is 64.8. The number of unbranched alkanes of at least 4 members (excludes halogenated alkanes) is 15. The minimum Gasteiger partial charge on any atom is -0.462 e. The topological polar surface area (TPSA) is 78.9 Å². The van der Waals surface area contributed by atoms with Crippen LogP contribution >= 0.6 is 0 Å². The molecule has 0 saturated heterocycles. The van der Waals surface area contributed by atoms with Crippen LogP contribution in [-0.4, -0.2) is 37.2 Å². The first-order valence-corrected chi connectivity index (χ1v) is 27.3. The van der Waals surface area contributed by atoms with Crippen LogP contribution in [0.1, 0.15) is 194 Å². The van der Waals surface area contributed by atoms with Crippen molar-refractivity contribution in [1.82, 2.24) is 0 Å². The summed E-state index contributed by atoms with van der Waals surface area (Å²) in [4.78, 5) is 38.1. The summed E-state index contributed by atoms with van der Waals surface area (Å²) in [6, 6.07) is 0. The van der Waals surface area contributed by atoms with E-state index in [4.69, 9.17) is 14.2 Å². The lowest BCUT2D eigenvalue weighted by molar-refractivity contribution is -0.167. The molecule has 0 aliphatic heterocycles. The monoisotopic (exact) mass is 961 g/mol. The van der Waals surface area contributed by atoms with Crippen molar-refractivity contribution < 1.29 is 28.6 Å². The summed E-state index contributed by atoms with van der Waals surface area (Å²) in [6.45, 7) is 6.20. The predicted molar refractivity (Wildman–Crippen MR) is 301 cm³/mol. The Bertz CT molecular complexity index is 1670. The minimum absolute atomic E-state index is 0.120. The SMILES string of the molecule is CC\C=C/C=C\C=C/C=C\C=C/CCCCCC(=O)OCC(COC(=O)CCCCCCCC/C=C\C/C=C\C/C=C\C/C=C\CC)OC(=O)CCCCCCC\C=C/C=C\C=C/C=C\C=C/CCC. The Morgan fingerprint density at radius 3 is 1.06 bits per heavy atom. The zero-order valence-corrected chi connectivity index (χ0v) is 44.2. The zero-order chi connectivity index (χ0) is 50.7. The van der Waals surface area contributed by atoms with E-state index in [1.54, 1.807) is 0 Å². The Morgan fingerprint density at radius 1 is 0.314 bits per heavy atom. The predicted octanol–water partition coefficient (Wildman–Crippen LogP) is 18.4. The van der Waals surface area contributed by atoms with Crippen molar-refractivity contribution in [3.63, 3.8) is 0 Å². The number of ether oxygens (including phenoxy) is 3. The molecule has 1 unspecified atom stereocenters. The normalized spacial score (nSPS) is 13.5. The molecule has 0 aromatic carbocycles. The number of carbonyl (C=O) groups excluding carboxylic acids is 3. The van der Waals surface area contributed by atoms with Gasteiger partial charge in [0.25, 0.3) is 0 Å². The van der Waals surface area contributed by atoms with Crippen LogP contribution in [0.2, 0.25) is 0 Å². The van der Waals surface area contributed by atoms with Gasteiger partial charge in [0.1, 0.15) is 13.2 Å². The van der Waals surface area contributed by atoms with E-state index in [1.165, 1.54) is 19.3 Å². The second-order valence-corrected chi connectivity index (χ2v) is 17.3. The third-order valence-corrected chi connectivity index (χ3v) is 10.7. The van der Waals surface area contributed by atoms with Crippen molar-refractivity contribution in [2.75, 3.05) is 13.2 Å². The summed E-state index contributed by atoms with van der Waals surface area (Å²) >= 11 is 0. The average Bonchev–Trinajstić information content (AvgIpc) is 3.36. The maximum atomic E-state index is 12.8. The van der Waals surface area contributed by atoms with Crippen LogP contribution in [0.3, 0.4) is 0 Å². The zero-order valence-electron chi connectivity index (χ0n) is 44.2. The lowest BCUT2D eigenvalue weighted by atomic mass is 10.1. The van der Waals surface area contributed by atoms with E-state index in [9.17, 15) is 14.4 Å². The fraction of sp³-hybridized carbons (Fsp3) is 0.516. The van der Waals surface area contributed by atoms with Gasteiger partial charge in [0.2, 0.25) is 0 Å². The van der Waals surface area contributed by atoms with E-state index in [0.29, 0.717) is 12.8 Å². The van der Waals surface area contributed by atoms with E-state index in [2.05, 4.69) is 106 Å². The largest absolute Gasteiger partial charge is 0.462 e. The van der Waals surface area contributed by atoms with Crippen molar-refractivity contribution in [3.8, 4) is 0 Å². The molecule has 388 valence electrons. The van der Waals surface area contributed by atoms with Crippen LogP contribution in [0, 0.1) is 0 Å². The summed E-state index contributed by atoms with van der Waals surface area (Å²) in [5.74, 6) is -1.01. The summed E-state index contributed by atoms with van der Waals surface area (Å²) in [5.41, 5.74) is 0. The number of rotatable bonds is 46. The molecule has 0 spiro atoms. The second-order valence-electron chi connectivity index (χ2n) is 17.3. The van der Waals surface area contributed by atoms with Gasteiger partial charge in [-0.2, -0.15) is 0 Å². The standard InChI is InChI=1S/C64H96O6/c1-4-7-10-13-16-19-22-25-28-30-32-34-36-39-42-45-48-51-54-57-63(66)69-60-61(59-68-62(65)56-53-50-47-44-41-38-35-27-24-21-18-15-12-9-6-3)70-64(67)58-55-52-49-46-43-40-37-33-31-29-26-23-20-17-14-11-8-5-2/h7,9-12,14-21,23-29,31-35,37-38,41,61H,4-6,8,13,22,30,36,39-40,42-60H2,1-3H3/b10-7-,12-9-,14-11-,18-15-,19-16-,20-17-,24-21-,26-23-,28-25-,31-29-,34-32-,35-27-,37-33-,41-38-. The van der Waals surface area contributed by atoms with Crippen molar-refractivity contribution in [2.24, 2.45) is 0 Å². The summed E-state index contributed by atoms with van der Waals surface area (Å²) in [6.07, 6.45) is 83.2. The third-order valence-electron chi connectivity index (χ3n) is 10.7. The van der Waals surface area contributed by atoms with Gasteiger partial charge in [0.15, 0.2) is 6.10 Å². The molecule has 0 rings (SSSR count). The summed E-state index contributed by atoms with van der Waals surface area (Å²) < 4.78 is 16.8. The molecule has 0 aliphatic carbocycles. The Labute approximate surface area is 428 Å². The van der Waals surface area contributed by atoms with E-state index in [1.807, 2.05) is 85.1 Å². The molecule has 0 aromatic heterocycles. The average molecular weight is 961 g/mol. The first-order chi connectivity index (χ1) is 34.5. The summed E-state index contributed by atoms with van der Waals surface area (Å²) in [5, 5.41) is 0. The van der Waals surface area contributed by atoms with Crippen LogP contribution in [0.4, 0.5) is 0 Å². The molecule has 0 bridgehead atoms. The van der Waals surface area contributed by atoms with Gasteiger partial charge in [-0.05, 0) is 96.3 Å². The highest BCUT2D eigenvalue weighted by Gasteiger charge is 2.19. The maximum absolute atomic E-state index is 12.8. The Balaban J connectivity index is 4.58. The quantitative estimate of drug-likeness (QED) is 0.0199.